The van der Waals surface area contributed by atoms with E-state index in [9.17, 15) is 9.18 Å². The molecule has 2 saturated heterocycles. The molecule has 3 aliphatic rings. The number of hydrogen-bond donors (Lipinski definition) is 1. The maximum absolute atomic E-state index is 14.6. The highest BCUT2D eigenvalue weighted by molar-refractivity contribution is 6.04. The third-order valence-electron chi connectivity index (χ3n) is 6.21. The van der Waals surface area contributed by atoms with E-state index in [0.29, 0.717) is 32.1 Å². The summed E-state index contributed by atoms with van der Waals surface area (Å²) in [6, 6.07) is 5.98. The van der Waals surface area contributed by atoms with Crippen molar-refractivity contribution in [3.8, 4) is 0 Å². The van der Waals surface area contributed by atoms with Gasteiger partial charge in [0.2, 0.25) is 0 Å². The largest absolute Gasteiger partial charge is 0.378 e. The van der Waals surface area contributed by atoms with Crippen LogP contribution in [0.4, 0.5) is 21.5 Å². The lowest BCUT2D eigenvalue weighted by molar-refractivity contribution is -0.114. The molecule has 0 radical (unpaired) electrons. The molecule has 1 amide bonds. The molecule has 1 aliphatic carbocycles. The molecule has 2 aliphatic heterocycles. The summed E-state index contributed by atoms with van der Waals surface area (Å²) in [5, 5.41) is 2.82. The van der Waals surface area contributed by atoms with Crippen molar-refractivity contribution in [1.82, 2.24) is 0 Å². The lowest BCUT2D eigenvalue weighted by Crippen LogP contribution is -2.38. The van der Waals surface area contributed by atoms with Gasteiger partial charge in [-0.15, -0.1) is 0 Å². The van der Waals surface area contributed by atoms with Gasteiger partial charge in [-0.1, -0.05) is 19.3 Å². The van der Waals surface area contributed by atoms with Crippen LogP contribution in [-0.2, 0) is 14.3 Å². The minimum atomic E-state index is -0.674. The normalized spacial score (nSPS) is 21.6. The Morgan fingerprint density at radius 3 is 2.27 bits per heavy atom. The summed E-state index contributed by atoms with van der Waals surface area (Å²) in [6.07, 6.45) is 6.88. The molecule has 1 N–H and O–H groups in total. The van der Waals surface area contributed by atoms with E-state index in [1.165, 1.54) is 12.5 Å². The summed E-state index contributed by atoms with van der Waals surface area (Å²) in [6.45, 7) is 5.88. The van der Waals surface area contributed by atoms with Crippen LogP contribution in [0.25, 0.3) is 0 Å². The maximum atomic E-state index is 14.6. The van der Waals surface area contributed by atoms with Crippen molar-refractivity contribution in [3.05, 3.63) is 30.1 Å². The Morgan fingerprint density at radius 1 is 0.967 bits per heavy atom. The molecule has 0 unspecified atom stereocenters. The Hall–Kier alpha value is -2.12. The molecular formula is C23H32FN3O3. The fraction of sp³-hybridized carbons (Fsp3) is 0.609. The molecule has 1 aromatic rings. The highest BCUT2D eigenvalue weighted by atomic mass is 19.1. The van der Waals surface area contributed by atoms with Crippen LogP contribution < -0.4 is 15.1 Å². The molecule has 30 heavy (non-hydrogen) atoms. The zero-order valence-corrected chi connectivity index (χ0v) is 17.6. The van der Waals surface area contributed by atoms with Crippen LogP contribution in [0.15, 0.2) is 30.1 Å². The first-order valence-electron chi connectivity index (χ1n) is 11.2. The second-order valence-corrected chi connectivity index (χ2v) is 8.27. The van der Waals surface area contributed by atoms with Gasteiger partial charge in [-0.25, -0.2) is 4.39 Å². The van der Waals surface area contributed by atoms with Crippen molar-refractivity contribution >= 4 is 23.0 Å². The molecule has 0 atom stereocenters. The molecule has 6 nitrogen and oxygen atoms in total. The fourth-order valence-electron chi connectivity index (χ4n) is 4.48. The van der Waals surface area contributed by atoms with Crippen molar-refractivity contribution in [2.75, 3.05) is 67.7 Å². The van der Waals surface area contributed by atoms with Gasteiger partial charge in [-0.05, 0) is 43.0 Å². The number of carbonyl (C=O) groups excluding carboxylic acids is 1. The van der Waals surface area contributed by atoms with Crippen LogP contribution in [0, 0.1) is 5.92 Å². The van der Waals surface area contributed by atoms with Gasteiger partial charge in [-0.3, -0.25) is 4.79 Å². The summed E-state index contributed by atoms with van der Waals surface area (Å²) in [7, 11) is 0. The second kappa shape index (κ2) is 10.3. The maximum Gasteiger partial charge on any atom is 0.284 e. The standard InChI is InChI=1S/C23H32FN3O3/c24-20(16-18-4-2-1-3-5-18)23(28)25-21-7-6-19(26-8-12-29-13-9-26)17-22(21)27-10-14-30-15-11-27/h6-7,16-18H,1-5,8-15H2,(H,25,28). The molecule has 4 rings (SSSR count). The van der Waals surface area contributed by atoms with E-state index in [2.05, 4.69) is 21.2 Å². The monoisotopic (exact) mass is 417 g/mol. The lowest BCUT2D eigenvalue weighted by Gasteiger charge is -2.33. The van der Waals surface area contributed by atoms with Crippen molar-refractivity contribution in [1.29, 1.82) is 0 Å². The molecule has 0 bridgehead atoms. The minimum absolute atomic E-state index is 0.173. The number of nitrogens with zero attached hydrogens (tertiary/aromatic N) is 2. The molecule has 0 aromatic heterocycles. The molecule has 7 heteroatoms. The average Bonchev–Trinajstić information content (AvgIpc) is 2.81. The number of hydrogen-bond acceptors (Lipinski definition) is 5. The highest BCUT2D eigenvalue weighted by Gasteiger charge is 2.21. The van der Waals surface area contributed by atoms with Gasteiger partial charge in [0.1, 0.15) is 0 Å². The fourth-order valence-corrected chi connectivity index (χ4v) is 4.48. The van der Waals surface area contributed by atoms with Crippen molar-refractivity contribution in [2.24, 2.45) is 5.92 Å². The van der Waals surface area contributed by atoms with Crippen LogP contribution in [0.2, 0.25) is 0 Å². The lowest BCUT2D eigenvalue weighted by atomic mass is 9.89. The van der Waals surface area contributed by atoms with Gasteiger partial charge < -0.3 is 24.6 Å². The van der Waals surface area contributed by atoms with E-state index < -0.39 is 11.7 Å². The Kier molecular flexibility index (Phi) is 7.23. The molecule has 3 fully saturated rings. The molecule has 1 aromatic carbocycles. The van der Waals surface area contributed by atoms with Crippen LogP contribution >= 0.6 is 0 Å². The van der Waals surface area contributed by atoms with E-state index in [-0.39, 0.29) is 5.92 Å². The first kappa shape index (κ1) is 21.1. The van der Waals surface area contributed by atoms with Crippen molar-refractivity contribution in [2.45, 2.75) is 32.1 Å². The van der Waals surface area contributed by atoms with Crippen LogP contribution in [0.5, 0.6) is 0 Å². The van der Waals surface area contributed by atoms with Crippen molar-refractivity contribution in [3.63, 3.8) is 0 Å². The number of nitrogens with one attached hydrogen (secondary N) is 1. The SMILES string of the molecule is O=C(Nc1ccc(N2CCOCC2)cc1N1CCOCC1)C(F)=CC1CCCCC1. The third-order valence-corrected chi connectivity index (χ3v) is 6.21. The Morgan fingerprint density at radius 2 is 1.60 bits per heavy atom. The first-order chi connectivity index (χ1) is 14.7. The number of amides is 1. The van der Waals surface area contributed by atoms with Crippen LogP contribution in [0.1, 0.15) is 32.1 Å². The second-order valence-electron chi connectivity index (χ2n) is 8.27. The summed E-state index contributed by atoms with van der Waals surface area (Å²) in [5.74, 6) is -1.16. The number of benzene rings is 1. The number of carbonyl (C=O) groups is 1. The number of anilines is 3. The number of allylic oxidation sites excluding steroid dienone is 1. The van der Waals surface area contributed by atoms with Crippen LogP contribution in [-0.4, -0.2) is 58.5 Å². The zero-order chi connectivity index (χ0) is 20.8. The van der Waals surface area contributed by atoms with Gasteiger partial charge in [0.25, 0.3) is 5.91 Å². The Labute approximate surface area is 178 Å². The Bertz CT molecular complexity index is 752. The smallest absolute Gasteiger partial charge is 0.284 e. The van der Waals surface area contributed by atoms with E-state index in [0.717, 1.165) is 63.2 Å². The number of morpholine rings is 2. The topological polar surface area (TPSA) is 54.0 Å². The van der Waals surface area contributed by atoms with E-state index in [1.54, 1.807) is 0 Å². The van der Waals surface area contributed by atoms with Crippen LogP contribution in [0.3, 0.4) is 0 Å². The highest BCUT2D eigenvalue weighted by Crippen LogP contribution is 2.33. The van der Waals surface area contributed by atoms with Gasteiger partial charge in [0.15, 0.2) is 5.83 Å². The van der Waals surface area contributed by atoms with Crippen molar-refractivity contribution < 1.29 is 18.7 Å². The quantitative estimate of drug-likeness (QED) is 0.740. The summed E-state index contributed by atoms with van der Waals surface area (Å²) < 4.78 is 25.5. The molecule has 1 saturated carbocycles. The first-order valence-corrected chi connectivity index (χ1v) is 11.2. The Balaban J connectivity index is 1.53. The predicted molar refractivity (Wildman–Crippen MR) is 117 cm³/mol. The molecule has 0 spiro atoms. The minimum Gasteiger partial charge on any atom is -0.378 e. The van der Waals surface area contributed by atoms with Gasteiger partial charge in [0.05, 0.1) is 37.8 Å². The van der Waals surface area contributed by atoms with E-state index in [4.69, 9.17) is 9.47 Å². The summed E-state index contributed by atoms with van der Waals surface area (Å²) in [5.41, 5.74) is 2.66. The predicted octanol–water partition coefficient (Wildman–Crippen LogP) is 3.73. The summed E-state index contributed by atoms with van der Waals surface area (Å²) in [4.78, 5) is 17.1. The number of halogens is 1. The third kappa shape index (κ3) is 5.32. The number of rotatable bonds is 5. The zero-order valence-electron chi connectivity index (χ0n) is 17.6. The van der Waals surface area contributed by atoms with E-state index >= 15 is 0 Å². The molecular weight excluding hydrogens is 385 g/mol. The number of ether oxygens (including phenoxy) is 2. The molecule has 164 valence electrons. The summed E-state index contributed by atoms with van der Waals surface area (Å²) >= 11 is 0. The van der Waals surface area contributed by atoms with E-state index in [1.807, 2.05) is 12.1 Å². The van der Waals surface area contributed by atoms with Gasteiger partial charge in [0, 0.05) is 31.9 Å². The molecule has 2 heterocycles. The van der Waals surface area contributed by atoms with Gasteiger partial charge in [-0.2, -0.15) is 0 Å². The van der Waals surface area contributed by atoms with Gasteiger partial charge >= 0.3 is 0 Å². The average molecular weight is 418 g/mol.